The fourth-order valence-corrected chi connectivity index (χ4v) is 4.61. The molecule has 0 amide bonds. The predicted octanol–water partition coefficient (Wildman–Crippen LogP) is 7.09. The van der Waals surface area contributed by atoms with Gasteiger partial charge in [0.2, 0.25) is 0 Å². The maximum Gasteiger partial charge on any atom is 0.430 e. The maximum absolute atomic E-state index is 13.9. The van der Waals surface area contributed by atoms with Crippen molar-refractivity contribution in [1.29, 1.82) is 0 Å². The summed E-state index contributed by atoms with van der Waals surface area (Å²) in [6.45, 7) is 0. The van der Waals surface area contributed by atoms with Gasteiger partial charge in [-0.05, 0) is 51.9 Å². The number of hydrogen-bond donors (Lipinski definition) is 5. The van der Waals surface area contributed by atoms with Gasteiger partial charge in [0.1, 0.15) is 0 Å². The van der Waals surface area contributed by atoms with E-state index >= 15 is 0 Å². The molecule has 46 heavy (non-hydrogen) atoms. The highest BCUT2D eigenvalue weighted by Gasteiger charge is 2.76. The van der Waals surface area contributed by atoms with Crippen molar-refractivity contribution in [2.24, 2.45) is 0 Å². The first-order chi connectivity index (χ1) is 20.1. The summed E-state index contributed by atoms with van der Waals surface area (Å²) in [5.41, 5.74) is -21.1. The van der Waals surface area contributed by atoms with Crippen molar-refractivity contribution in [2.75, 3.05) is 11.5 Å². The van der Waals surface area contributed by atoms with Crippen molar-refractivity contribution < 1.29 is 94.3 Å². The van der Waals surface area contributed by atoms with Crippen LogP contribution in [0.1, 0.15) is 16.7 Å². The fraction of sp³-hybridized carbons (Fsp3) is 0.391. The molecule has 23 heteroatoms. The Morgan fingerprint density at radius 2 is 0.717 bits per heavy atom. The van der Waals surface area contributed by atoms with Gasteiger partial charge in [-0.1, -0.05) is 0 Å². The normalized spacial score (nSPS) is 15.2. The van der Waals surface area contributed by atoms with Crippen molar-refractivity contribution in [3.05, 3.63) is 47.0 Å². The number of nitrogens with two attached hydrogens (primary N) is 2. The van der Waals surface area contributed by atoms with E-state index in [0.717, 1.165) is 0 Å². The van der Waals surface area contributed by atoms with Crippen molar-refractivity contribution >= 4 is 32.9 Å². The van der Waals surface area contributed by atoms with Crippen LogP contribution in [0.4, 0.5) is 90.4 Å². The molecule has 0 atom stereocenters. The SMILES string of the molecule is Nc1cc2cc3c(C(O)(C(F)(F)F)C(F)(F)F)c(N)c(C(O)(C(F)(F)F)C(F)(F)F)cc3cc2cc1C(O)(C(F)(F)F)C(F)(F)F. The molecule has 0 radical (unpaired) electrons. The largest absolute Gasteiger partial charge is 0.430 e. The molecule has 0 unspecified atom stereocenters. The van der Waals surface area contributed by atoms with Crippen LogP contribution in [0.15, 0.2) is 30.3 Å². The van der Waals surface area contributed by atoms with Gasteiger partial charge in [0.25, 0.3) is 16.8 Å². The number of hydrogen-bond acceptors (Lipinski definition) is 5. The molecule has 0 saturated carbocycles. The summed E-state index contributed by atoms with van der Waals surface area (Å²) in [4.78, 5) is 0. The summed E-state index contributed by atoms with van der Waals surface area (Å²) < 4.78 is 246. The van der Waals surface area contributed by atoms with Crippen molar-refractivity contribution in [2.45, 2.75) is 53.9 Å². The summed E-state index contributed by atoms with van der Waals surface area (Å²) in [6, 6.07) is -1.04. The average molecular weight is 706 g/mol. The van der Waals surface area contributed by atoms with Crippen molar-refractivity contribution in [3.63, 3.8) is 0 Å². The average Bonchev–Trinajstić information content (AvgIpc) is 2.81. The third kappa shape index (κ3) is 4.96. The molecular weight excluding hydrogens is 694 g/mol. The Labute approximate surface area is 240 Å². The van der Waals surface area contributed by atoms with Gasteiger partial charge in [0.15, 0.2) is 0 Å². The molecule has 0 aliphatic heterocycles. The molecular formula is C23H12F18N2O3. The summed E-state index contributed by atoms with van der Waals surface area (Å²) in [7, 11) is 0. The van der Waals surface area contributed by atoms with Gasteiger partial charge in [-0.2, -0.15) is 79.0 Å². The zero-order valence-corrected chi connectivity index (χ0v) is 21.2. The molecule has 0 fully saturated rings. The maximum atomic E-state index is 13.9. The number of nitrogen functional groups attached to an aromatic ring is 2. The van der Waals surface area contributed by atoms with Crippen LogP contribution >= 0.6 is 0 Å². The molecule has 0 aliphatic rings. The van der Waals surface area contributed by atoms with E-state index in [4.69, 9.17) is 11.5 Å². The molecule has 0 aromatic heterocycles. The Hall–Kier alpha value is -3.60. The van der Waals surface area contributed by atoms with Gasteiger partial charge in [-0.3, -0.25) is 0 Å². The van der Waals surface area contributed by atoms with E-state index in [1.165, 1.54) is 0 Å². The predicted molar refractivity (Wildman–Crippen MR) is 118 cm³/mol. The van der Waals surface area contributed by atoms with Crippen LogP contribution < -0.4 is 11.5 Å². The van der Waals surface area contributed by atoms with Crippen molar-refractivity contribution in [3.8, 4) is 0 Å². The number of halogens is 18. The number of alkyl halides is 18. The van der Waals surface area contributed by atoms with Gasteiger partial charge in [0, 0.05) is 28.1 Å². The van der Waals surface area contributed by atoms with Crippen LogP contribution in [-0.4, -0.2) is 52.4 Å². The highest BCUT2D eigenvalue weighted by Crippen LogP contribution is 2.59. The van der Waals surface area contributed by atoms with Crippen LogP contribution in [0.3, 0.4) is 0 Å². The number of benzene rings is 3. The number of fused-ring (bicyclic) bond motifs is 2. The Morgan fingerprint density at radius 3 is 1.09 bits per heavy atom. The highest BCUT2D eigenvalue weighted by atomic mass is 19.4. The number of aliphatic hydroxyl groups is 3. The van der Waals surface area contributed by atoms with Crippen LogP contribution in [-0.2, 0) is 16.8 Å². The topological polar surface area (TPSA) is 113 Å². The smallest absolute Gasteiger partial charge is 0.398 e. The van der Waals surface area contributed by atoms with Crippen LogP contribution in [0, 0.1) is 0 Å². The fourth-order valence-electron chi connectivity index (χ4n) is 4.61. The van der Waals surface area contributed by atoms with E-state index in [0.29, 0.717) is 0 Å². The summed E-state index contributed by atoms with van der Waals surface area (Å²) in [5, 5.41) is 23.8. The molecule has 5 nitrogen and oxygen atoms in total. The summed E-state index contributed by atoms with van der Waals surface area (Å²) in [6.07, 6.45) is -41.5. The van der Waals surface area contributed by atoms with Gasteiger partial charge in [0.05, 0.1) is 0 Å². The molecule has 7 N–H and O–H groups in total. The molecule has 3 aromatic carbocycles. The number of anilines is 2. The van der Waals surface area contributed by atoms with E-state index in [1.807, 2.05) is 0 Å². The zero-order valence-electron chi connectivity index (χ0n) is 21.2. The van der Waals surface area contributed by atoms with E-state index in [9.17, 15) is 94.3 Å². The summed E-state index contributed by atoms with van der Waals surface area (Å²) >= 11 is 0. The number of rotatable bonds is 3. The molecule has 3 aromatic rings. The van der Waals surface area contributed by atoms with Gasteiger partial charge >= 0.3 is 37.1 Å². The Balaban J connectivity index is 2.75. The molecule has 0 heterocycles. The lowest BCUT2D eigenvalue weighted by molar-refractivity contribution is -0.377. The van der Waals surface area contributed by atoms with E-state index in [-0.39, 0.29) is 24.3 Å². The molecule has 3 rings (SSSR count). The van der Waals surface area contributed by atoms with Crippen molar-refractivity contribution in [1.82, 2.24) is 0 Å². The lowest BCUT2D eigenvalue weighted by atomic mass is 9.79. The van der Waals surface area contributed by atoms with Gasteiger partial charge in [-0.15, -0.1) is 0 Å². The first-order valence-corrected chi connectivity index (χ1v) is 11.3. The monoisotopic (exact) mass is 706 g/mol. The van der Waals surface area contributed by atoms with E-state index < -0.39 is 110 Å². The second-order valence-electron chi connectivity index (χ2n) is 9.69. The molecule has 0 spiro atoms. The second kappa shape index (κ2) is 9.95. The molecule has 0 aliphatic carbocycles. The lowest BCUT2D eigenvalue weighted by Crippen LogP contribution is -2.56. The minimum absolute atomic E-state index is 0.0163. The highest BCUT2D eigenvalue weighted by molar-refractivity contribution is 6.04. The lowest BCUT2D eigenvalue weighted by Gasteiger charge is -2.38. The van der Waals surface area contributed by atoms with Crippen LogP contribution in [0.25, 0.3) is 21.5 Å². The van der Waals surface area contributed by atoms with E-state index in [2.05, 4.69) is 0 Å². The molecule has 258 valence electrons. The first-order valence-electron chi connectivity index (χ1n) is 11.3. The van der Waals surface area contributed by atoms with Gasteiger partial charge in [-0.25, -0.2) is 0 Å². The third-order valence-electron chi connectivity index (χ3n) is 6.91. The Morgan fingerprint density at radius 1 is 0.391 bits per heavy atom. The van der Waals surface area contributed by atoms with Crippen LogP contribution in [0.2, 0.25) is 0 Å². The quantitative estimate of drug-likeness (QED) is 0.114. The van der Waals surface area contributed by atoms with E-state index in [1.54, 1.807) is 0 Å². The van der Waals surface area contributed by atoms with Gasteiger partial charge < -0.3 is 26.8 Å². The Kier molecular flexibility index (Phi) is 7.98. The molecule has 0 bridgehead atoms. The standard InChI is InChI=1S/C23H12F18N2O3/c24-18(25,26)15(44,19(27,28)29)10-3-6-1-8-4-11(16(45,20(30,31)32)21(33,34)35)14(43)13(9(8)2-7(6)5-12(10)42)17(46,22(36,37)38)23(39,40)41/h1-5,44-46H,42-43H2. The third-order valence-corrected chi connectivity index (χ3v) is 6.91. The minimum atomic E-state index is -7.06. The summed E-state index contributed by atoms with van der Waals surface area (Å²) in [5.74, 6) is 0. The Bertz CT molecular complexity index is 1640. The second-order valence-corrected chi connectivity index (χ2v) is 9.69. The van der Waals surface area contributed by atoms with Crippen LogP contribution in [0.5, 0.6) is 0 Å². The minimum Gasteiger partial charge on any atom is -0.398 e. The molecule has 0 saturated heterocycles. The zero-order chi connectivity index (χ0) is 36.2. The first kappa shape index (κ1) is 36.9.